The van der Waals surface area contributed by atoms with Crippen LogP contribution in [0.5, 0.6) is 11.5 Å². The number of hydrogen-bond donors (Lipinski definition) is 2. The van der Waals surface area contributed by atoms with Gasteiger partial charge in [0, 0.05) is 31.6 Å². The van der Waals surface area contributed by atoms with Crippen LogP contribution in [0.25, 0.3) is 11.0 Å². The molecule has 162 valence electrons. The van der Waals surface area contributed by atoms with E-state index in [1.54, 1.807) is 6.07 Å². The van der Waals surface area contributed by atoms with E-state index in [1.165, 1.54) is 0 Å². The van der Waals surface area contributed by atoms with E-state index >= 15 is 0 Å². The van der Waals surface area contributed by atoms with Crippen LogP contribution in [0.3, 0.4) is 0 Å². The van der Waals surface area contributed by atoms with Crippen molar-refractivity contribution in [1.82, 2.24) is 14.9 Å². The van der Waals surface area contributed by atoms with Crippen molar-refractivity contribution in [2.45, 2.75) is 26.4 Å². The number of carbonyl (C=O) groups is 2. The minimum atomic E-state index is -0.678. The number of nitrogens with zero attached hydrogens (tertiary/aromatic N) is 2. The summed E-state index contributed by atoms with van der Waals surface area (Å²) >= 11 is 0. The fourth-order valence-corrected chi connectivity index (χ4v) is 3.40. The molecule has 3 aromatic rings. The molecule has 4 rings (SSSR count). The smallest absolute Gasteiger partial charge is 0.264 e. The zero-order valence-electron chi connectivity index (χ0n) is 17.8. The number of para-hydroxylation sites is 2. The van der Waals surface area contributed by atoms with Crippen molar-refractivity contribution in [3.05, 3.63) is 48.3 Å². The Labute approximate surface area is 180 Å². The molecule has 0 bridgehead atoms. The maximum absolute atomic E-state index is 12.5. The molecule has 2 amide bonds. The summed E-state index contributed by atoms with van der Waals surface area (Å²) in [5.74, 6) is 1.72. The van der Waals surface area contributed by atoms with Crippen molar-refractivity contribution in [2.75, 3.05) is 18.5 Å². The SMILES string of the molecule is CC(C)C(=O)Nc1ccc2c(c1)nc(CCNC(=O)[C@H]1COc3ccccc3O1)n2C. The number of carbonyl (C=O) groups excluding carboxylic acids is 2. The first-order valence-corrected chi connectivity index (χ1v) is 10.3. The van der Waals surface area contributed by atoms with E-state index in [9.17, 15) is 9.59 Å². The van der Waals surface area contributed by atoms with Crippen molar-refractivity contribution >= 4 is 28.5 Å². The zero-order valence-corrected chi connectivity index (χ0v) is 17.8. The molecule has 2 heterocycles. The van der Waals surface area contributed by atoms with Crippen molar-refractivity contribution in [3.63, 3.8) is 0 Å². The molecule has 2 aromatic carbocycles. The van der Waals surface area contributed by atoms with E-state index in [-0.39, 0.29) is 24.3 Å². The minimum absolute atomic E-state index is 0.0326. The van der Waals surface area contributed by atoms with Crippen LogP contribution in [0, 0.1) is 5.92 Å². The molecular weight excluding hydrogens is 396 g/mol. The maximum Gasteiger partial charge on any atom is 0.264 e. The molecule has 1 aliphatic heterocycles. The maximum atomic E-state index is 12.5. The second-order valence-electron chi connectivity index (χ2n) is 7.84. The molecule has 1 aliphatic rings. The van der Waals surface area contributed by atoms with Crippen LogP contribution in [0.15, 0.2) is 42.5 Å². The topological polar surface area (TPSA) is 94.5 Å². The van der Waals surface area contributed by atoms with E-state index in [1.807, 2.05) is 61.9 Å². The number of nitrogens with one attached hydrogen (secondary N) is 2. The Bertz CT molecular complexity index is 1120. The lowest BCUT2D eigenvalue weighted by atomic mass is 10.2. The summed E-state index contributed by atoms with van der Waals surface area (Å²) in [5.41, 5.74) is 2.48. The number of imidazole rings is 1. The Hall–Kier alpha value is -3.55. The monoisotopic (exact) mass is 422 g/mol. The third kappa shape index (κ3) is 4.47. The molecule has 0 fully saturated rings. The molecule has 1 atom stereocenters. The Morgan fingerprint density at radius 1 is 1.19 bits per heavy atom. The van der Waals surface area contributed by atoms with Gasteiger partial charge in [-0.2, -0.15) is 0 Å². The van der Waals surface area contributed by atoms with Gasteiger partial charge in [-0.3, -0.25) is 9.59 Å². The molecule has 0 saturated heterocycles. The van der Waals surface area contributed by atoms with Crippen LogP contribution in [-0.4, -0.2) is 40.6 Å². The summed E-state index contributed by atoms with van der Waals surface area (Å²) in [6.45, 7) is 4.31. The quantitative estimate of drug-likeness (QED) is 0.637. The number of amides is 2. The molecule has 0 aliphatic carbocycles. The summed E-state index contributed by atoms with van der Waals surface area (Å²) in [6.07, 6.45) is -0.114. The highest BCUT2D eigenvalue weighted by Crippen LogP contribution is 2.30. The molecule has 8 nitrogen and oxygen atoms in total. The molecule has 8 heteroatoms. The van der Waals surface area contributed by atoms with Crippen molar-refractivity contribution in [3.8, 4) is 11.5 Å². The second kappa shape index (κ2) is 8.67. The van der Waals surface area contributed by atoms with Gasteiger partial charge in [0.25, 0.3) is 5.91 Å². The molecule has 2 N–H and O–H groups in total. The average molecular weight is 422 g/mol. The normalized spacial score (nSPS) is 15.2. The highest BCUT2D eigenvalue weighted by Gasteiger charge is 2.27. The van der Waals surface area contributed by atoms with E-state index in [0.717, 1.165) is 22.5 Å². The Morgan fingerprint density at radius 3 is 2.74 bits per heavy atom. The Morgan fingerprint density at radius 2 is 1.97 bits per heavy atom. The molecule has 0 saturated carbocycles. The van der Waals surface area contributed by atoms with Crippen LogP contribution >= 0.6 is 0 Å². The highest BCUT2D eigenvalue weighted by molar-refractivity contribution is 5.94. The first-order valence-electron chi connectivity index (χ1n) is 10.3. The van der Waals surface area contributed by atoms with Gasteiger partial charge in [0.1, 0.15) is 12.4 Å². The van der Waals surface area contributed by atoms with Crippen molar-refractivity contribution < 1.29 is 19.1 Å². The number of ether oxygens (including phenoxy) is 2. The predicted octanol–water partition coefficient (Wildman–Crippen LogP) is 2.67. The van der Waals surface area contributed by atoms with Gasteiger partial charge in [-0.1, -0.05) is 26.0 Å². The number of aromatic nitrogens is 2. The lowest BCUT2D eigenvalue weighted by Gasteiger charge is -2.25. The third-order valence-electron chi connectivity index (χ3n) is 5.21. The van der Waals surface area contributed by atoms with Gasteiger partial charge in [-0.05, 0) is 30.3 Å². The van der Waals surface area contributed by atoms with Gasteiger partial charge in [-0.15, -0.1) is 0 Å². The van der Waals surface area contributed by atoms with E-state index in [2.05, 4.69) is 15.6 Å². The molecule has 0 unspecified atom stereocenters. The fourth-order valence-electron chi connectivity index (χ4n) is 3.40. The molecular formula is C23H26N4O4. The number of rotatable bonds is 6. The minimum Gasteiger partial charge on any atom is -0.485 e. The molecule has 0 spiro atoms. The largest absolute Gasteiger partial charge is 0.485 e. The van der Waals surface area contributed by atoms with Crippen LogP contribution in [-0.2, 0) is 23.1 Å². The van der Waals surface area contributed by atoms with Gasteiger partial charge < -0.3 is 24.7 Å². The highest BCUT2D eigenvalue weighted by atomic mass is 16.6. The van der Waals surface area contributed by atoms with Crippen LogP contribution in [0.4, 0.5) is 5.69 Å². The molecule has 0 radical (unpaired) electrons. The number of fused-ring (bicyclic) bond motifs is 2. The summed E-state index contributed by atoms with van der Waals surface area (Å²) < 4.78 is 13.3. The molecule has 31 heavy (non-hydrogen) atoms. The van der Waals surface area contributed by atoms with Gasteiger partial charge in [-0.25, -0.2) is 4.98 Å². The first kappa shape index (κ1) is 20.7. The summed E-state index contributed by atoms with van der Waals surface area (Å²) in [7, 11) is 1.94. The third-order valence-corrected chi connectivity index (χ3v) is 5.21. The summed E-state index contributed by atoms with van der Waals surface area (Å²) in [5, 5.41) is 5.79. The zero-order chi connectivity index (χ0) is 22.0. The van der Waals surface area contributed by atoms with Crippen molar-refractivity contribution in [1.29, 1.82) is 0 Å². The Balaban J connectivity index is 1.36. The lowest BCUT2D eigenvalue weighted by Crippen LogP contribution is -2.44. The second-order valence-corrected chi connectivity index (χ2v) is 7.84. The standard InChI is InChI=1S/C23H26N4O4/c1-14(2)22(28)25-15-8-9-17-16(12-15)26-21(27(17)3)10-11-24-23(29)20-13-30-18-6-4-5-7-19(18)31-20/h4-9,12,14,20H,10-11,13H2,1-3H3,(H,24,29)(H,25,28)/t20-/m1/s1. The lowest BCUT2D eigenvalue weighted by molar-refractivity contribution is -0.130. The van der Waals surface area contributed by atoms with Gasteiger partial charge in [0.15, 0.2) is 11.5 Å². The number of anilines is 1. The fraction of sp³-hybridized carbons (Fsp3) is 0.348. The van der Waals surface area contributed by atoms with Gasteiger partial charge in [0.05, 0.1) is 11.0 Å². The first-order chi connectivity index (χ1) is 14.9. The van der Waals surface area contributed by atoms with E-state index < -0.39 is 6.10 Å². The number of hydrogen-bond acceptors (Lipinski definition) is 5. The van der Waals surface area contributed by atoms with Crippen LogP contribution in [0.2, 0.25) is 0 Å². The number of benzene rings is 2. The predicted molar refractivity (Wildman–Crippen MR) is 117 cm³/mol. The van der Waals surface area contributed by atoms with Crippen LogP contribution < -0.4 is 20.1 Å². The van der Waals surface area contributed by atoms with Crippen LogP contribution in [0.1, 0.15) is 19.7 Å². The van der Waals surface area contributed by atoms with Gasteiger partial charge in [0.2, 0.25) is 12.0 Å². The summed E-state index contributed by atoms with van der Waals surface area (Å²) in [6, 6.07) is 13.0. The van der Waals surface area contributed by atoms with E-state index in [4.69, 9.17) is 9.47 Å². The molecule has 1 aromatic heterocycles. The van der Waals surface area contributed by atoms with Gasteiger partial charge >= 0.3 is 0 Å². The average Bonchev–Trinajstić information content (AvgIpc) is 3.08. The van der Waals surface area contributed by atoms with Crippen molar-refractivity contribution in [2.24, 2.45) is 13.0 Å². The number of aryl methyl sites for hydroxylation is 1. The van der Waals surface area contributed by atoms with E-state index in [0.29, 0.717) is 24.5 Å². The summed E-state index contributed by atoms with van der Waals surface area (Å²) in [4.78, 5) is 29.1. The Kier molecular flexibility index (Phi) is 5.79.